The average Bonchev–Trinajstić information content (AvgIpc) is 3.79. The Morgan fingerprint density at radius 2 is 1.04 bits per heavy atom. The second kappa shape index (κ2) is 10.5. The minimum absolute atomic E-state index is 0.0111. The first-order chi connectivity index (χ1) is 21.4. The van der Waals surface area contributed by atoms with Crippen LogP contribution in [0.1, 0.15) is 75.4 Å². The molecule has 3 N–H and O–H groups in total. The molecule has 45 heavy (non-hydrogen) atoms. The first-order valence-corrected chi connectivity index (χ1v) is 15.5. The number of benzene rings is 2. The van der Waals surface area contributed by atoms with Crippen LogP contribution in [0, 0.1) is 0 Å². The van der Waals surface area contributed by atoms with E-state index in [4.69, 9.17) is 9.97 Å². The summed E-state index contributed by atoms with van der Waals surface area (Å²) in [6.07, 6.45) is 8.26. The molecule has 0 aliphatic carbocycles. The first kappa shape index (κ1) is 28.6. The lowest BCUT2D eigenvalue weighted by atomic mass is 9.79. The number of hydrogen-bond acceptors (Lipinski definition) is 3. The van der Waals surface area contributed by atoms with Crippen LogP contribution in [0.3, 0.4) is 0 Å². The number of fused-ring (bicyclic) bond motifs is 8. The van der Waals surface area contributed by atoms with Crippen molar-refractivity contribution < 1.29 is 5.11 Å². The highest BCUT2D eigenvalue weighted by Gasteiger charge is 2.22. The molecule has 5 heterocycles. The Kier molecular flexibility index (Phi) is 6.66. The molecule has 0 saturated carbocycles. The molecule has 5 nitrogen and oxygen atoms in total. The fourth-order valence-electron chi connectivity index (χ4n) is 5.98. The molecular formula is C40H38N4O. The third-order valence-electron chi connectivity index (χ3n) is 8.49. The molecular weight excluding hydrogens is 552 g/mol. The van der Waals surface area contributed by atoms with Crippen molar-refractivity contribution in [3.8, 4) is 28.0 Å². The van der Waals surface area contributed by atoms with Gasteiger partial charge in [0, 0.05) is 33.2 Å². The van der Waals surface area contributed by atoms with Crippen molar-refractivity contribution in [2.45, 2.75) is 52.4 Å². The second-order valence-electron chi connectivity index (χ2n) is 14.1. The lowest BCUT2D eigenvalue weighted by molar-refractivity contribution is 0.475. The molecule has 224 valence electrons. The fraction of sp³-hybridized carbons (Fsp3) is 0.200. The van der Waals surface area contributed by atoms with Gasteiger partial charge < -0.3 is 15.1 Å². The Morgan fingerprint density at radius 3 is 1.53 bits per heavy atom. The minimum Gasteiger partial charge on any atom is -0.508 e. The summed E-state index contributed by atoms with van der Waals surface area (Å²) < 4.78 is 0. The molecule has 2 aliphatic heterocycles. The molecule has 5 aromatic rings. The van der Waals surface area contributed by atoms with E-state index in [1.807, 2.05) is 24.3 Å². The molecule has 5 heteroatoms. The summed E-state index contributed by atoms with van der Waals surface area (Å²) in [6.45, 7) is 13.6. The van der Waals surface area contributed by atoms with Crippen molar-refractivity contribution in [1.82, 2.24) is 19.9 Å². The third kappa shape index (κ3) is 5.62. The summed E-state index contributed by atoms with van der Waals surface area (Å²) in [7, 11) is 0. The highest BCUT2D eigenvalue weighted by atomic mass is 16.3. The fourth-order valence-corrected chi connectivity index (χ4v) is 5.98. The van der Waals surface area contributed by atoms with E-state index in [9.17, 15) is 5.11 Å². The van der Waals surface area contributed by atoms with Gasteiger partial charge in [-0.1, -0.05) is 71.9 Å². The molecule has 2 aliphatic rings. The monoisotopic (exact) mass is 590 g/mol. The zero-order valence-corrected chi connectivity index (χ0v) is 26.7. The van der Waals surface area contributed by atoms with E-state index in [-0.39, 0.29) is 16.6 Å². The van der Waals surface area contributed by atoms with Crippen LogP contribution in [0.5, 0.6) is 5.75 Å². The molecule has 0 saturated heterocycles. The smallest absolute Gasteiger partial charge is 0.116 e. The number of aromatic hydroxyl groups is 1. The Labute approximate surface area is 264 Å². The third-order valence-corrected chi connectivity index (χ3v) is 8.49. The molecule has 2 aromatic carbocycles. The topological polar surface area (TPSA) is 77.6 Å². The van der Waals surface area contributed by atoms with Gasteiger partial charge in [0.05, 0.1) is 22.8 Å². The van der Waals surface area contributed by atoms with Gasteiger partial charge in [-0.05, 0) is 106 Å². The van der Waals surface area contributed by atoms with Crippen LogP contribution in [0.2, 0.25) is 0 Å². The normalized spacial score (nSPS) is 13.0. The lowest BCUT2D eigenvalue weighted by Gasteiger charge is -2.26. The van der Waals surface area contributed by atoms with Crippen LogP contribution in [-0.4, -0.2) is 25.0 Å². The van der Waals surface area contributed by atoms with E-state index in [0.29, 0.717) is 0 Å². The lowest BCUT2D eigenvalue weighted by Crippen LogP contribution is -2.16. The van der Waals surface area contributed by atoms with E-state index in [2.05, 4.69) is 118 Å². The van der Waals surface area contributed by atoms with Gasteiger partial charge in [0.25, 0.3) is 0 Å². The quantitative estimate of drug-likeness (QED) is 0.187. The van der Waals surface area contributed by atoms with Gasteiger partial charge in [0.15, 0.2) is 0 Å². The average molecular weight is 591 g/mol. The number of H-pyrrole nitrogens is 2. The number of nitrogens with one attached hydrogen (secondary N) is 2. The van der Waals surface area contributed by atoms with Crippen LogP contribution in [0.4, 0.5) is 0 Å². The summed E-state index contributed by atoms with van der Waals surface area (Å²) in [5.74, 6) is 0.214. The SMILES string of the molecule is CC(C)(C)c1cc(-c2c3nc(cc4ccc([nH]4)c(-c4cccc(O)c4)c4nc(cc5ccc2[nH]5)C=C4)C=C3)cc(C(C)(C)C)c1. The first-order valence-electron chi connectivity index (χ1n) is 15.5. The maximum atomic E-state index is 10.3. The van der Waals surface area contributed by atoms with Gasteiger partial charge >= 0.3 is 0 Å². The van der Waals surface area contributed by atoms with Crippen molar-refractivity contribution in [2.24, 2.45) is 0 Å². The standard InChI is InChI=1S/C40H38N4O/c1-39(2,3)26-18-25(19-27(21-26)40(4,5)6)38-35-16-12-30(43-35)22-28-10-14-33(41-28)37(24-8-7-9-32(45)20-24)34-15-11-29(42-34)23-31-13-17-36(38)44-31/h7-23,41,44-45H,1-6H3. The number of aromatic amines is 2. The highest BCUT2D eigenvalue weighted by Crippen LogP contribution is 2.37. The van der Waals surface area contributed by atoms with Gasteiger partial charge in [-0.2, -0.15) is 0 Å². The minimum atomic E-state index is -0.0111. The summed E-state index contributed by atoms with van der Waals surface area (Å²) >= 11 is 0. The van der Waals surface area contributed by atoms with Crippen molar-refractivity contribution in [2.75, 3.05) is 0 Å². The molecule has 7 rings (SSSR count). The zero-order valence-electron chi connectivity index (χ0n) is 26.7. The Morgan fingerprint density at radius 1 is 0.533 bits per heavy atom. The van der Waals surface area contributed by atoms with Crippen LogP contribution >= 0.6 is 0 Å². The van der Waals surface area contributed by atoms with Crippen molar-refractivity contribution >= 4 is 46.4 Å². The number of phenolic OH excluding ortho intramolecular Hbond substituents is 1. The molecule has 0 fully saturated rings. The van der Waals surface area contributed by atoms with Crippen molar-refractivity contribution in [3.63, 3.8) is 0 Å². The Bertz CT molecular complexity index is 2160. The van der Waals surface area contributed by atoms with Crippen LogP contribution in [-0.2, 0) is 10.8 Å². The van der Waals surface area contributed by atoms with Gasteiger partial charge in [0.2, 0.25) is 0 Å². The number of rotatable bonds is 2. The molecule has 8 bridgehead atoms. The molecule has 3 aromatic heterocycles. The van der Waals surface area contributed by atoms with Crippen LogP contribution in [0.15, 0.2) is 78.9 Å². The van der Waals surface area contributed by atoms with Gasteiger partial charge in [-0.25, -0.2) is 9.97 Å². The number of phenols is 1. The van der Waals surface area contributed by atoms with E-state index in [0.717, 1.165) is 67.1 Å². The molecule has 0 unspecified atom stereocenters. The van der Waals surface area contributed by atoms with Crippen molar-refractivity contribution in [3.05, 3.63) is 113 Å². The predicted molar refractivity (Wildman–Crippen MR) is 189 cm³/mol. The largest absolute Gasteiger partial charge is 0.508 e. The number of hydrogen-bond donors (Lipinski definition) is 3. The van der Waals surface area contributed by atoms with E-state index < -0.39 is 0 Å². The van der Waals surface area contributed by atoms with Crippen molar-refractivity contribution in [1.29, 1.82) is 0 Å². The zero-order chi connectivity index (χ0) is 31.5. The summed E-state index contributed by atoms with van der Waals surface area (Å²) in [5, 5.41) is 10.3. The maximum Gasteiger partial charge on any atom is 0.116 e. The van der Waals surface area contributed by atoms with Gasteiger partial charge in [-0.3, -0.25) is 0 Å². The van der Waals surface area contributed by atoms with E-state index in [1.165, 1.54) is 11.1 Å². The number of aromatic nitrogens is 4. The Balaban J connectivity index is 1.55. The maximum absolute atomic E-state index is 10.3. The molecule has 0 amide bonds. The summed E-state index contributed by atoms with van der Waals surface area (Å²) in [6, 6.07) is 26.8. The van der Waals surface area contributed by atoms with Crippen LogP contribution in [0.25, 0.3) is 68.6 Å². The molecule has 0 spiro atoms. The van der Waals surface area contributed by atoms with E-state index >= 15 is 0 Å². The predicted octanol–water partition coefficient (Wildman–Crippen LogP) is 10.3. The second-order valence-corrected chi connectivity index (χ2v) is 14.1. The van der Waals surface area contributed by atoms with Gasteiger partial charge in [-0.15, -0.1) is 0 Å². The number of nitrogens with zero attached hydrogens (tertiary/aromatic N) is 2. The highest BCUT2D eigenvalue weighted by molar-refractivity contribution is 5.93. The van der Waals surface area contributed by atoms with E-state index in [1.54, 1.807) is 12.1 Å². The van der Waals surface area contributed by atoms with Gasteiger partial charge in [0.1, 0.15) is 5.75 Å². The summed E-state index contributed by atoms with van der Waals surface area (Å²) in [5.41, 5.74) is 13.9. The summed E-state index contributed by atoms with van der Waals surface area (Å²) in [4.78, 5) is 17.4. The van der Waals surface area contributed by atoms with Crippen LogP contribution < -0.4 is 0 Å². The Hall–Kier alpha value is -5.16. The molecule has 0 radical (unpaired) electrons. The molecule has 0 atom stereocenters.